The molecule has 2 aliphatic heterocycles. The molecule has 3 heterocycles. The van der Waals surface area contributed by atoms with Gasteiger partial charge in [0.15, 0.2) is 0 Å². The third-order valence-corrected chi connectivity index (χ3v) is 6.01. The molecule has 126 valence electrons. The Morgan fingerprint density at radius 1 is 1.48 bits per heavy atom. The van der Waals surface area contributed by atoms with Crippen LogP contribution in [0.1, 0.15) is 47.6 Å². The summed E-state index contributed by atoms with van der Waals surface area (Å²) in [5.41, 5.74) is 0.518. The average Bonchev–Trinajstić information content (AvgIpc) is 3.17. The van der Waals surface area contributed by atoms with E-state index in [1.807, 2.05) is 17.2 Å². The number of rotatable bonds is 4. The summed E-state index contributed by atoms with van der Waals surface area (Å²) in [6, 6.07) is 0. The van der Waals surface area contributed by atoms with Gasteiger partial charge >= 0.3 is 0 Å². The molecule has 1 saturated carbocycles. The Morgan fingerprint density at radius 2 is 2.26 bits per heavy atom. The summed E-state index contributed by atoms with van der Waals surface area (Å²) in [7, 11) is 0. The fourth-order valence-corrected chi connectivity index (χ4v) is 4.14. The van der Waals surface area contributed by atoms with Gasteiger partial charge in [0.25, 0.3) is 5.91 Å². The van der Waals surface area contributed by atoms with Crippen molar-refractivity contribution in [1.29, 1.82) is 0 Å². The van der Waals surface area contributed by atoms with E-state index in [2.05, 4.69) is 4.98 Å². The zero-order valence-electron chi connectivity index (χ0n) is 13.6. The minimum absolute atomic E-state index is 0.0590. The van der Waals surface area contributed by atoms with Crippen LogP contribution in [0.25, 0.3) is 0 Å². The summed E-state index contributed by atoms with van der Waals surface area (Å²) >= 11 is 1.53. The summed E-state index contributed by atoms with van der Waals surface area (Å²) in [4.78, 5) is 18.7. The van der Waals surface area contributed by atoms with Gasteiger partial charge in [0.2, 0.25) is 0 Å². The van der Waals surface area contributed by atoms with E-state index in [0.29, 0.717) is 12.3 Å². The van der Waals surface area contributed by atoms with Crippen molar-refractivity contribution in [3.63, 3.8) is 0 Å². The fraction of sp³-hybridized carbons (Fsp3) is 0.765. The maximum absolute atomic E-state index is 12.5. The van der Waals surface area contributed by atoms with Crippen molar-refractivity contribution in [3.05, 3.63) is 16.1 Å². The molecule has 0 bridgehead atoms. The van der Waals surface area contributed by atoms with Crippen LogP contribution in [0.4, 0.5) is 0 Å². The van der Waals surface area contributed by atoms with Gasteiger partial charge in [0.1, 0.15) is 5.69 Å². The molecule has 4 rings (SSSR count). The van der Waals surface area contributed by atoms with Crippen molar-refractivity contribution in [2.24, 2.45) is 5.92 Å². The number of aryl methyl sites for hydroxylation is 1. The summed E-state index contributed by atoms with van der Waals surface area (Å²) in [5, 5.41) is 2.80. The zero-order valence-corrected chi connectivity index (χ0v) is 14.4. The molecule has 1 spiro atoms. The maximum Gasteiger partial charge on any atom is 0.273 e. The molecule has 5 nitrogen and oxygen atoms in total. The van der Waals surface area contributed by atoms with Crippen molar-refractivity contribution in [2.45, 2.75) is 50.7 Å². The number of nitrogens with zero attached hydrogens (tertiary/aromatic N) is 2. The summed E-state index contributed by atoms with van der Waals surface area (Å²) in [6.07, 6.45) is 5.70. The van der Waals surface area contributed by atoms with Crippen LogP contribution in [0.15, 0.2) is 5.38 Å². The second-order valence-electron chi connectivity index (χ2n) is 7.14. The Labute approximate surface area is 141 Å². The third kappa shape index (κ3) is 3.44. The van der Waals surface area contributed by atoms with E-state index < -0.39 is 0 Å². The first-order valence-corrected chi connectivity index (χ1v) is 9.48. The van der Waals surface area contributed by atoms with Gasteiger partial charge in [-0.1, -0.05) is 0 Å². The van der Waals surface area contributed by atoms with Crippen molar-refractivity contribution in [3.8, 4) is 0 Å². The number of carbonyl (C=O) groups excluding carboxylic acids is 1. The number of hydrogen-bond acceptors (Lipinski definition) is 5. The van der Waals surface area contributed by atoms with Gasteiger partial charge in [-0.3, -0.25) is 4.79 Å². The highest BCUT2D eigenvalue weighted by molar-refractivity contribution is 7.09. The van der Waals surface area contributed by atoms with Gasteiger partial charge in [-0.05, 0) is 38.5 Å². The van der Waals surface area contributed by atoms with Gasteiger partial charge in [0.05, 0.1) is 23.3 Å². The number of piperidine rings is 1. The van der Waals surface area contributed by atoms with Crippen molar-refractivity contribution in [1.82, 2.24) is 9.88 Å². The van der Waals surface area contributed by atoms with Crippen LogP contribution in [-0.2, 0) is 9.47 Å². The maximum atomic E-state index is 12.5. The number of amides is 1. The Kier molecular flexibility index (Phi) is 4.15. The molecule has 6 heteroatoms. The first kappa shape index (κ1) is 15.5. The fourth-order valence-electron chi connectivity index (χ4n) is 3.56. The highest BCUT2D eigenvalue weighted by atomic mass is 32.1. The predicted molar refractivity (Wildman–Crippen MR) is 87.8 cm³/mol. The third-order valence-electron chi connectivity index (χ3n) is 5.24. The highest BCUT2D eigenvalue weighted by Crippen LogP contribution is 2.38. The minimum atomic E-state index is -0.0665. The first-order valence-electron chi connectivity index (χ1n) is 8.60. The summed E-state index contributed by atoms with van der Waals surface area (Å²) < 4.78 is 12.1. The minimum Gasteiger partial charge on any atom is -0.375 e. The Bertz CT molecular complexity index is 576. The van der Waals surface area contributed by atoms with Crippen molar-refractivity contribution < 1.29 is 14.3 Å². The van der Waals surface area contributed by atoms with Crippen LogP contribution in [0.3, 0.4) is 0 Å². The van der Waals surface area contributed by atoms with Crippen LogP contribution in [0.5, 0.6) is 0 Å². The van der Waals surface area contributed by atoms with Crippen LogP contribution >= 0.6 is 11.3 Å². The number of likely N-dealkylation sites (tertiary alicyclic amines) is 1. The van der Waals surface area contributed by atoms with Gasteiger partial charge < -0.3 is 14.4 Å². The highest BCUT2D eigenvalue weighted by Gasteiger charge is 2.44. The normalized spacial score (nSPS) is 26.8. The molecule has 1 atom stereocenters. The summed E-state index contributed by atoms with van der Waals surface area (Å²) in [6.45, 7) is 5.06. The molecular formula is C17H24N2O3S. The largest absolute Gasteiger partial charge is 0.375 e. The molecule has 23 heavy (non-hydrogen) atoms. The topological polar surface area (TPSA) is 51.7 Å². The van der Waals surface area contributed by atoms with Crippen LogP contribution < -0.4 is 0 Å². The molecule has 1 aromatic heterocycles. The van der Waals surface area contributed by atoms with E-state index in [9.17, 15) is 4.79 Å². The van der Waals surface area contributed by atoms with E-state index >= 15 is 0 Å². The molecule has 0 aromatic carbocycles. The first-order chi connectivity index (χ1) is 11.1. The molecule has 0 radical (unpaired) electrons. The van der Waals surface area contributed by atoms with E-state index in [0.717, 1.165) is 49.9 Å². The van der Waals surface area contributed by atoms with E-state index in [1.54, 1.807) is 0 Å². The van der Waals surface area contributed by atoms with E-state index in [1.165, 1.54) is 24.2 Å². The van der Waals surface area contributed by atoms with Crippen LogP contribution in [0, 0.1) is 12.8 Å². The van der Waals surface area contributed by atoms with E-state index in [-0.39, 0.29) is 17.6 Å². The van der Waals surface area contributed by atoms with Gasteiger partial charge in [-0.2, -0.15) is 0 Å². The number of aromatic nitrogens is 1. The second-order valence-corrected chi connectivity index (χ2v) is 8.20. The molecule has 3 fully saturated rings. The lowest BCUT2D eigenvalue weighted by Gasteiger charge is -2.38. The SMILES string of the molecule is Cc1nc(C(=O)N2CCC3(CC2)C[C@@H](OCC2CC2)CO3)cs1. The number of ether oxygens (including phenoxy) is 2. The summed E-state index contributed by atoms with van der Waals surface area (Å²) in [5.74, 6) is 0.858. The second kappa shape index (κ2) is 6.15. The van der Waals surface area contributed by atoms with Crippen LogP contribution in [-0.4, -0.2) is 53.8 Å². The van der Waals surface area contributed by atoms with Crippen molar-refractivity contribution >= 4 is 17.2 Å². The molecule has 1 aromatic rings. The van der Waals surface area contributed by atoms with E-state index in [4.69, 9.17) is 9.47 Å². The number of carbonyl (C=O) groups is 1. The lowest BCUT2D eigenvalue weighted by Crippen LogP contribution is -2.46. The molecule has 0 N–H and O–H groups in total. The van der Waals surface area contributed by atoms with Crippen molar-refractivity contribution in [2.75, 3.05) is 26.3 Å². The molecule has 2 saturated heterocycles. The molecule has 1 amide bonds. The van der Waals surface area contributed by atoms with Gasteiger partial charge in [0, 0.05) is 31.5 Å². The molecular weight excluding hydrogens is 312 g/mol. The Balaban J connectivity index is 1.29. The Hall–Kier alpha value is -0.980. The standard InChI is InChI=1S/C17H24N2O3S/c1-12-18-15(11-23-12)16(20)19-6-4-17(5-7-19)8-14(10-22-17)21-9-13-2-3-13/h11,13-14H,2-10H2,1H3/t14-/m1/s1. The van der Waals surface area contributed by atoms with Crippen LogP contribution in [0.2, 0.25) is 0 Å². The zero-order chi connectivity index (χ0) is 15.9. The molecule has 3 aliphatic rings. The molecule has 1 aliphatic carbocycles. The smallest absolute Gasteiger partial charge is 0.273 e. The quantitative estimate of drug-likeness (QED) is 0.848. The number of thiazole rings is 1. The molecule has 0 unspecified atom stereocenters. The monoisotopic (exact) mass is 336 g/mol. The number of hydrogen-bond donors (Lipinski definition) is 0. The van der Waals surface area contributed by atoms with Gasteiger partial charge in [-0.15, -0.1) is 11.3 Å². The predicted octanol–water partition coefficient (Wildman–Crippen LogP) is 2.64. The lowest BCUT2D eigenvalue weighted by atomic mass is 9.88. The van der Waals surface area contributed by atoms with Gasteiger partial charge in [-0.25, -0.2) is 4.98 Å². The Morgan fingerprint density at radius 3 is 2.91 bits per heavy atom. The average molecular weight is 336 g/mol. The lowest BCUT2D eigenvalue weighted by molar-refractivity contribution is -0.0411.